The summed E-state index contributed by atoms with van der Waals surface area (Å²) < 4.78 is 11.1. The number of amides is 1. The number of carbonyl (C=O) groups is 2. The number of benzene rings is 1. The number of pyridine rings is 1. The van der Waals surface area contributed by atoms with Crippen molar-refractivity contribution in [3.8, 4) is 5.75 Å². The van der Waals surface area contributed by atoms with E-state index in [1.807, 2.05) is 17.0 Å². The Labute approximate surface area is 195 Å². The van der Waals surface area contributed by atoms with Gasteiger partial charge < -0.3 is 19.7 Å². The van der Waals surface area contributed by atoms with Crippen molar-refractivity contribution in [2.75, 3.05) is 19.7 Å². The largest absolute Gasteiger partial charge is 0.482 e. The Morgan fingerprint density at radius 3 is 2.33 bits per heavy atom. The summed E-state index contributed by atoms with van der Waals surface area (Å²) in [6.07, 6.45) is 10.7. The standard InChI is InChI=1S/C26H33N3O4/c30-25(33-24-4-2-1-3-5-24)19-32-23-8-6-21(7-9-23)26(31)29(22-12-16-28-17-13-22)18-20-10-14-27-15-11-20/h6-11,14-15,22,24,28H,1-5,12-13,16-19H2. The van der Waals surface area contributed by atoms with Gasteiger partial charge in [0.2, 0.25) is 0 Å². The van der Waals surface area contributed by atoms with E-state index in [1.165, 1.54) is 6.42 Å². The van der Waals surface area contributed by atoms with Gasteiger partial charge >= 0.3 is 5.97 Å². The van der Waals surface area contributed by atoms with Crippen LogP contribution < -0.4 is 10.1 Å². The molecule has 0 atom stereocenters. The van der Waals surface area contributed by atoms with E-state index < -0.39 is 0 Å². The first-order valence-electron chi connectivity index (χ1n) is 12.0. The first kappa shape index (κ1) is 23.2. The first-order valence-corrected chi connectivity index (χ1v) is 12.0. The summed E-state index contributed by atoms with van der Waals surface area (Å²) in [5, 5.41) is 3.37. The van der Waals surface area contributed by atoms with Crippen LogP contribution in [0.2, 0.25) is 0 Å². The molecule has 176 valence electrons. The molecule has 7 heteroatoms. The highest BCUT2D eigenvalue weighted by Gasteiger charge is 2.26. The number of nitrogens with zero attached hydrogens (tertiary/aromatic N) is 2. The van der Waals surface area contributed by atoms with Crippen molar-refractivity contribution in [1.82, 2.24) is 15.2 Å². The highest BCUT2D eigenvalue weighted by molar-refractivity contribution is 5.94. The van der Waals surface area contributed by atoms with Gasteiger partial charge in [-0.3, -0.25) is 9.78 Å². The van der Waals surface area contributed by atoms with E-state index in [2.05, 4.69) is 10.3 Å². The van der Waals surface area contributed by atoms with Gasteiger partial charge in [-0.2, -0.15) is 0 Å². The average molecular weight is 452 g/mol. The second-order valence-corrected chi connectivity index (χ2v) is 8.83. The van der Waals surface area contributed by atoms with Gasteiger partial charge in [0.05, 0.1) is 0 Å². The molecule has 2 fully saturated rings. The zero-order chi connectivity index (χ0) is 22.9. The summed E-state index contributed by atoms with van der Waals surface area (Å²) >= 11 is 0. The fourth-order valence-corrected chi connectivity index (χ4v) is 4.57. The molecule has 1 aliphatic carbocycles. The summed E-state index contributed by atoms with van der Waals surface area (Å²) in [7, 11) is 0. The van der Waals surface area contributed by atoms with Crippen LogP contribution in [0, 0.1) is 0 Å². The summed E-state index contributed by atoms with van der Waals surface area (Å²) in [6, 6.07) is 11.1. The predicted octanol–water partition coefficient (Wildman–Crippen LogP) is 3.73. The molecule has 33 heavy (non-hydrogen) atoms. The van der Waals surface area contributed by atoms with Gasteiger partial charge in [0.1, 0.15) is 11.9 Å². The van der Waals surface area contributed by atoms with Crippen molar-refractivity contribution in [3.05, 3.63) is 59.9 Å². The molecule has 1 aromatic heterocycles. The Balaban J connectivity index is 1.36. The van der Waals surface area contributed by atoms with Crippen molar-refractivity contribution in [3.63, 3.8) is 0 Å². The fourth-order valence-electron chi connectivity index (χ4n) is 4.57. The molecule has 1 amide bonds. The maximum absolute atomic E-state index is 13.4. The van der Waals surface area contributed by atoms with Crippen LogP contribution in [-0.4, -0.2) is 53.6 Å². The normalized spacial score (nSPS) is 17.3. The molecule has 0 unspecified atom stereocenters. The molecule has 0 bridgehead atoms. The molecule has 1 saturated heterocycles. The van der Waals surface area contributed by atoms with E-state index in [0.29, 0.717) is 17.9 Å². The van der Waals surface area contributed by atoms with Gasteiger partial charge in [-0.25, -0.2) is 4.79 Å². The van der Waals surface area contributed by atoms with Gasteiger partial charge in [-0.1, -0.05) is 6.42 Å². The molecule has 1 N–H and O–H groups in total. The number of nitrogens with one attached hydrogen (secondary N) is 1. The minimum Gasteiger partial charge on any atom is -0.482 e. The van der Waals surface area contributed by atoms with E-state index in [1.54, 1.807) is 36.7 Å². The number of aromatic nitrogens is 1. The smallest absolute Gasteiger partial charge is 0.344 e. The molecule has 2 aromatic rings. The SMILES string of the molecule is O=C(COc1ccc(C(=O)N(Cc2ccncc2)C2CCNCC2)cc1)OC1CCCCC1. The molecule has 1 aliphatic heterocycles. The summed E-state index contributed by atoms with van der Waals surface area (Å²) in [4.78, 5) is 31.5. The van der Waals surface area contributed by atoms with Crippen molar-refractivity contribution in [2.45, 2.75) is 63.6 Å². The second kappa shape index (κ2) is 11.8. The molecule has 4 rings (SSSR count). The molecular weight excluding hydrogens is 418 g/mol. The Bertz CT molecular complexity index is 892. The Morgan fingerprint density at radius 1 is 0.939 bits per heavy atom. The van der Waals surface area contributed by atoms with Gasteiger partial charge in [-0.15, -0.1) is 0 Å². The predicted molar refractivity (Wildman–Crippen MR) is 125 cm³/mol. The van der Waals surface area contributed by atoms with Gasteiger partial charge in [0, 0.05) is 30.5 Å². The van der Waals surface area contributed by atoms with Crippen LogP contribution in [-0.2, 0) is 16.1 Å². The van der Waals surface area contributed by atoms with E-state index >= 15 is 0 Å². The maximum Gasteiger partial charge on any atom is 0.344 e. The molecule has 0 radical (unpaired) electrons. The second-order valence-electron chi connectivity index (χ2n) is 8.83. The minimum absolute atomic E-state index is 0.00182. The zero-order valence-corrected chi connectivity index (χ0v) is 19.1. The lowest BCUT2D eigenvalue weighted by atomic mass is 9.98. The van der Waals surface area contributed by atoms with Gasteiger partial charge in [0.15, 0.2) is 6.61 Å². The molecule has 7 nitrogen and oxygen atoms in total. The lowest BCUT2D eigenvalue weighted by molar-refractivity contribution is -0.152. The van der Waals surface area contributed by atoms with Crippen molar-refractivity contribution in [1.29, 1.82) is 0 Å². The number of carbonyl (C=O) groups excluding carboxylic acids is 2. The number of ether oxygens (including phenoxy) is 2. The van der Waals surface area contributed by atoms with Crippen LogP contribution in [0.15, 0.2) is 48.8 Å². The third-order valence-electron chi connectivity index (χ3n) is 6.42. The number of piperidine rings is 1. The van der Waals surface area contributed by atoms with Crippen LogP contribution in [0.1, 0.15) is 60.9 Å². The Kier molecular flexibility index (Phi) is 8.30. The number of rotatable bonds is 8. The summed E-state index contributed by atoms with van der Waals surface area (Å²) in [6.45, 7) is 2.26. The summed E-state index contributed by atoms with van der Waals surface area (Å²) in [5.41, 5.74) is 1.67. The van der Waals surface area contributed by atoms with Gasteiger partial charge in [-0.05, 0) is 93.6 Å². The molecular formula is C26H33N3O4. The Morgan fingerprint density at radius 2 is 1.64 bits per heavy atom. The van der Waals surface area contributed by atoms with Crippen LogP contribution in [0.3, 0.4) is 0 Å². The number of esters is 1. The topological polar surface area (TPSA) is 80.8 Å². The minimum atomic E-state index is -0.337. The highest BCUT2D eigenvalue weighted by atomic mass is 16.6. The average Bonchev–Trinajstić information content (AvgIpc) is 2.88. The van der Waals surface area contributed by atoms with Crippen LogP contribution in [0.5, 0.6) is 5.75 Å². The maximum atomic E-state index is 13.4. The van der Waals surface area contributed by atoms with Crippen LogP contribution in [0.4, 0.5) is 0 Å². The zero-order valence-electron chi connectivity index (χ0n) is 19.1. The lowest BCUT2D eigenvalue weighted by Crippen LogP contribution is -2.45. The van der Waals surface area contributed by atoms with E-state index in [9.17, 15) is 9.59 Å². The molecule has 1 aromatic carbocycles. The van der Waals surface area contributed by atoms with Gasteiger partial charge in [0.25, 0.3) is 5.91 Å². The van der Waals surface area contributed by atoms with Crippen molar-refractivity contribution >= 4 is 11.9 Å². The van der Waals surface area contributed by atoms with Crippen LogP contribution in [0.25, 0.3) is 0 Å². The fraction of sp³-hybridized carbons (Fsp3) is 0.500. The Hall–Kier alpha value is -2.93. The van der Waals surface area contributed by atoms with Crippen molar-refractivity contribution < 1.29 is 19.1 Å². The van der Waals surface area contributed by atoms with Crippen molar-refractivity contribution in [2.24, 2.45) is 0 Å². The third kappa shape index (κ3) is 6.78. The number of hydrogen-bond donors (Lipinski definition) is 1. The van der Waals surface area contributed by atoms with Crippen LogP contribution >= 0.6 is 0 Å². The number of hydrogen-bond acceptors (Lipinski definition) is 6. The first-order chi connectivity index (χ1) is 16.2. The molecule has 1 saturated carbocycles. The van der Waals surface area contributed by atoms with E-state index in [-0.39, 0.29) is 30.6 Å². The summed E-state index contributed by atoms with van der Waals surface area (Å²) in [5.74, 6) is 0.216. The molecule has 0 spiro atoms. The van der Waals surface area contributed by atoms with E-state index in [4.69, 9.17) is 9.47 Å². The molecule has 2 heterocycles. The quantitative estimate of drug-likeness (QED) is 0.616. The molecule has 2 aliphatic rings. The van der Waals surface area contributed by atoms with E-state index in [0.717, 1.165) is 57.2 Å². The highest BCUT2D eigenvalue weighted by Crippen LogP contribution is 2.22. The monoisotopic (exact) mass is 451 g/mol. The lowest BCUT2D eigenvalue weighted by Gasteiger charge is -2.35. The third-order valence-corrected chi connectivity index (χ3v) is 6.42.